The number of carbonyl (C=O) groups excluding carboxylic acids is 1. The Hall–Kier alpha value is -2.38. The summed E-state index contributed by atoms with van der Waals surface area (Å²) in [6.45, 7) is 4.30. The Bertz CT molecular complexity index is 951. The molecule has 2 aromatic carbocycles. The van der Waals surface area contributed by atoms with Gasteiger partial charge in [0, 0.05) is 37.9 Å². The first-order chi connectivity index (χ1) is 12.8. The predicted molar refractivity (Wildman–Crippen MR) is 106 cm³/mol. The van der Waals surface area contributed by atoms with Crippen LogP contribution >= 0.6 is 0 Å². The van der Waals surface area contributed by atoms with Crippen molar-refractivity contribution in [3.05, 3.63) is 59.2 Å². The number of sulfonamides is 1. The van der Waals surface area contributed by atoms with Crippen LogP contribution in [-0.4, -0.2) is 39.4 Å². The van der Waals surface area contributed by atoms with Crippen LogP contribution in [-0.2, 0) is 16.6 Å². The number of anilines is 1. The lowest BCUT2D eigenvalue weighted by atomic mass is 10.1. The summed E-state index contributed by atoms with van der Waals surface area (Å²) in [5.74, 6) is -0.228. The summed E-state index contributed by atoms with van der Waals surface area (Å²) < 4.78 is 23.2. The number of benzene rings is 2. The van der Waals surface area contributed by atoms with Crippen LogP contribution in [0.15, 0.2) is 47.4 Å². The first-order valence-electron chi connectivity index (χ1n) is 8.99. The molecule has 2 N–H and O–H groups in total. The Morgan fingerprint density at radius 2 is 1.81 bits per heavy atom. The normalized spacial score (nSPS) is 14.4. The number of primary sulfonamides is 1. The number of hydrogen-bond donors (Lipinski definition) is 1. The molecule has 1 aliphatic heterocycles. The summed E-state index contributed by atoms with van der Waals surface area (Å²) in [7, 11) is -2.13. The summed E-state index contributed by atoms with van der Waals surface area (Å²) in [6.07, 6.45) is 2.37. The molecule has 3 rings (SSSR count). The molecule has 0 radical (unpaired) electrons. The van der Waals surface area contributed by atoms with Gasteiger partial charge in [0.2, 0.25) is 10.0 Å². The molecule has 1 amide bonds. The van der Waals surface area contributed by atoms with Crippen LogP contribution in [0.25, 0.3) is 0 Å². The number of nitrogens with zero attached hydrogens (tertiary/aromatic N) is 2. The minimum absolute atomic E-state index is 0.0534. The van der Waals surface area contributed by atoms with E-state index in [-0.39, 0.29) is 10.8 Å². The van der Waals surface area contributed by atoms with Crippen LogP contribution in [0.3, 0.4) is 0 Å². The van der Waals surface area contributed by atoms with E-state index in [1.54, 1.807) is 24.9 Å². The average Bonchev–Trinajstić information content (AvgIpc) is 3.15. The molecule has 1 aliphatic rings. The summed E-state index contributed by atoms with van der Waals surface area (Å²) in [4.78, 5) is 16.9. The zero-order valence-corrected chi connectivity index (χ0v) is 16.5. The van der Waals surface area contributed by atoms with Crippen LogP contribution in [0, 0.1) is 6.92 Å². The molecular formula is C20H25N3O3S. The highest BCUT2D eigenvalue weighted by atomic mass is 32.2. The van der Waals surface area contributed by atoms with Gasteiger partial charge in [-0.25, -0.2) is 13.6 Å². The summed E-state index contributed by atoms with van der Waals surface area (Å²) >= 11 is 0. The van der Waals surface area contributed by atoms with Gasteiger partial charge in [-0.05, 0) is 49.1 Å². The van der Waals surface area contributed by atoms with E-state index in [1.807, 2.05) is 18.2 Å². The van der Waals surface area contributed by atoms with Gasteiger partial charge in [-0.15, -0.1) is 0 Å². The highest BCUT2D eigenvalue weighted by Gasteiger charge is 2.20. The molecule has 7 heteroatoms. The number of aryl methyl sites for hydroxylation is 1. The van der Waals surface area contributed by atoms with Crippen molar-refractivity contribution < 1.29 is 13.2 Å². The maximum Gasteiger partial charge on any atom is 0.254 e. The molecule has 0 spiro atoms. The second-order valence-corrected chi connectivity index (χ2v) is 8.57. The van der Waals surface area contributed by atoms with E-state index in [2.05, 4.69) is 11.0 Å². The van der Waals surface area contributed by atoms with E-state index < -0.39 is 10.0 Å². The van der Waals surface area contributed by atoms with Crippen LogP contribution in [0.5, 0.6) is 0 Å². The third-order valence-corrected chi connectivity index (χ3v) is 5.87. The highest BCUT2D eigenvalue weighted by molar-refractivity contribution is 7.89. The number of rotatable bonds is 5. The van der Waals surface area contributed by atoms with E-state index in [0.29, 0.717) is 17.7 Å². The fraction of sp³-hybridized carbons (Fsp3) is 0.350. The van der Waals surface area contributed by atoms with Gasteiger partial charge >= 0.3 is 0 Å². The Kier molecular flexibility index (Phi) is 5.53. The van der Waals surface area contributed by atoms with Gasteiger partial charge in [0.25, 0.3) is 5.91 Å². The second kappa shape index (κ2) is 7.70. The second-order valence-electron chi connectivity index (χ2n) is 7.01. The minimum atomic E-state index is -3.86. The molecule has 1 heterocycles. The zero-order chi connectivity index (χ0) is 19.6. The predicted octanol–water partition coefficient (Wildman–Crippen LogP) is 2.51. The Balaban J connectivity index is 1.85. The van der Waals surface area contributed by atoms with E-state index in [4.69, 9.17) is 5.14 Å². The smallest absolute Gasteiger partial charge is 0.254 e. The average molecular weight is 388 g/mol. The van der Waals surface area contributed by atoms with Crippen LogP contribution in [0.4, 0.5) is 5.69 Å². The highest BCUT2D eigenvalue weighted by Crippen LogP contribution is 2.26. The van der Waals surface area contributed by atoms with Crippen molar-refractivity contribution in [3.63, 3.8) is 0 Å². The van der Waals surface area contributed by atoms with Crippen LogP contribution in [0.1, 0.15) is 34.3 Å². The Labute approximate surface area is 160 Å². The Morgan fingerprint density at radius 1 is 1.15 bits per heavy atom. The number of nitrogens with two attached hydrogens (primary N) is 1. The monoisotopic (exact) mass is 387 g/mol. The quantitative estimate of drug-likeness (QED) is 0.854. The third kappa shape index (κ3) is 4.31. The fourth-order valence-electron chi connectivity index (χ4n) is 3.45. The SMILES string of the molecule is Cc1ccc(S(N)(=O)=O)cc1C(=O)N(C)Cc1ccccc1N1CCCC1. The summed E-state index contributed by atoms with van der Waals surface area (Å²) in [6, 6.07) is 12.5. The molecule has 2 aromatic rings. The van der Waals surface area contributed by atoms with Gasteiger partial charge in [-0.3, -0.25) is 4.79 Å². The number of hydrogen-bond acceptors (Lipinski definition) is 4. The molecule has 1 fully saturated rings. The van der Waals surface area contributed by atoms with Crippen molar-refractivity contribution in [1.29, 1.82) is 0 Å². The van der Waals surface area contributed by atoms with E-state index in [0.717, 1.165) is 24.3 Å². The topological polar surface area (TPSA) is 83.7 Å². The van der Waals surface area contributed by atoms with Crippen LogP contribution in [0.2, 0.25) is 0 Å². The summed E-state index contributed by atoms with van der Waals surface area (Å²) in [5.41, 5.74) is 3.30. The largest absolute Gasteiger partial charge is 0.371 e. The summed E-state index contributed by atoms with van der Waals surface area (Å²) in [5, 5.41) is 5.21. The molecule has 0 saturated carbocycles. The number of amides is 1. The maximum absolute atomic E-state index is 13.0. The van der Waals surface area contributed by atoms with Gasteiger partial charge in [0.05, 0.1) is 4.90 Å². The molecule has 6 nitrogen and oxygen atoms in total. The molecule has 27 heavy (non-hydrogen) atoms. The van der Waals surface area contributed by atoms with Crippen molar-refractivity contribution in [2.24, 2.45) is 5.14 Å². The van der Waals surface area contributed by atoms with Gasteiger partial charge in [-0.2, -0.15) is 0 Å². The Morgan fingerprint density at radius 3 is 2.48 bits per heavy atom. The molecule has 144 valence electrons. The fourth-order valence-corrected chi connectivity index (χ4v) is 3.99. The molecule has 1 saturated heterocycles. The van der Waals surface area contributed by atoms with Crippen molar-refractivity contribution in [3.8, 4) is 0 Å². The van der Waals surface area contributed by atoms with Crippen molar-refractivity contribution in [2.75, 3.05) is 25.0 Å². The van der Waals surface area contributed by atoms with E-state index >= 15 is 0 Å². The van der Waals surface area contributed by atoms with E-state index in [9.17, 15) is 13.2 Å². The van der Waals surface area contributed by atoms with Gasteiger partial charge in [-0.1, -0.05) is 24.3 Å². The van der Waals surface area contributed by atoms with Gasteiger partial charge in [0.1, 0.15) is 0 Å². The van der Waals surface area contributed by atoms with Crippen molar-refractivity contribution in [1.82, 2.24) is 4.90 Å². The zero-order valence-electron chi connectivity index (χ0n) is 15.7. The van der Waals surface area contributed by atoms with Crippen molar-refractivity contribution >= 4 is 21.6 Å². The first-order valence-corrected chi connectivity index (χ1v) is 10.5. The van der Waals surface area contributed by atoms with Gasteiger partial charge < -0.3 is 9.80 Å². The molecular weight excluding hydrogens is 362 g/mol. The minimum Gasteiger partial charge on any atom is -0.371 e. The number of para-hydroxylation sites is 1. The first kappa shape index (κ1) is 19.4. The standard InChI is InChI=1S/C20H25N3O3S/c1-15-9-10-17(27(21,25)26)13-18(15)20(24)22(2)14-16-7-3-4-8-19(16)23-11-5-6-12-23/h3-4,7-10,13H,5-6,11-12,14H2,1-2H3,(H2,21,25,26). The molecule has 0 bridgehead atoms. The molecule has 0 atom stereocenters. The van der Waals surface area contributed by atoms with Gasteiger partial charge in [0.15, 0.2) is 0 Å². The third-order valence-electron chi connectivity index (χ3n) is 4.96. The molecule has 0 aliphatic carbocycles. The number of carbonyl (C=O) groups is 1. The lowest BCUT2D eigenvalue weighted by molar-refractivity contribution is 0.0784. The molecule has 0 unspecified atom stereocenters. The lowest BCUT2D eigenvalue weighted by Crippen LogP contribution is -2.29. The van der Waals surface area contributed by atoms with E-state index in [1.165, 1.54) is 25.0 Å². The van der Waals surface area contributed by atoms with Crippen LogP contribution < -0.4 is 10.0 Å². The maximum atomic E-state index is 13.0. The lowest BCUT2D eigenvalue weighted by Gasteiger charge is -2.25. The van der Waals surface area contributed by atoms with Crippen molar-refractivity contribution in [2.45, 2.75) is 31.2 Å². The molecule has 0 aromatic heterocycles.